The van der Waals surface area contributed by atoms with Crippen LogP contribution >= 0.6 is 0 Å². The molecule has 0 radical (unpaired) electrons. The minimum absolute atomic E-state index is 0.289. The van der Waals surface area contributed by atoms with E-state index in [0.717, 1.165) is 41.0 Å². The van der Waals surface area contributed by atoms with Gasteiger partial charge in [0.2, 0.25) is 5.88 Å². The third-order valence-electron chi connectivity index (χ3n) is 5.28. The summed E-state index contributed by atoms with van der Waals surface area (Å²) in [7, 11) is 3.13. The zero-order valence-electron chi connectivity index (χ0n) is 16.0. The van der Waals surface area contributed by atoms with Crippen molar-refractivity contribution in [2.45, 2.75) is 32.2 Å². The van der Waals surface area contributed by atoms with Crippen molar-refractivity contribution in [2.75, 3.05) is 27.3 Å². The SMILES string of the molecule is COc1ncc(-c2ccc3nc(CCN4CCC[C@H]4C)[nH]c3c2)c(OC)n1. The average Bonchev–Trinajstić information content (AvgIpc) is 3.30. The van der Waals surface area contributed by atoms with Crippen molar-refractivity contribution in [3.63, 3.8) is 0 Å². The van der Waals surface area contributed by atoms with E-state index < -0.39 is 0 Å². The highest BCUT2D eigenvalue weighted by Crippen LogP contribution is 2.30. The Balaban J connectivity index is 1.57. The maximum Gasteiger partial charge on any atom is 0.319 e. The molecule has 0 unspecified atom stereocenters. The predicted octanol–water partition coefficient (Wildman–Crippen LogP) is 3.06. The molecule has 27 heavy (non-hydrogen) atoms. The van der Waals surface area contributed by atoms with Crippen LogP contribution in [0.25, 0.3) is 22.2 Å². The summed E-state index contributed by atoms with van der Waals surface area (Å²) < 4.78 is 10.5. The standard InChI is InChI=1S/C20H25N5O2/c1-13-5-4-9-25(13)10-8-18-22-16-7-6-14(11-17(16)23-18)15-12-21-20(27-3)24-19(15)26-2/h6-7,11-13H,4-5,8-10H2,1-3H3,(H,22,23)/t13-/m1/s1. The lowest BCUT2D eigenvalue weighted by atomic mass is 10.1. The van der Waals surface area contributed by atoms with Crippen LogP contribution in [-0.4, -0.2) is 58.2 Å². The molecule has 1 N–H and O–H groups in total. The lowest BCUT2D eigenvalue weighted by Crippen LogP contribution is -2.29. The van der Waals surface area contributed by atoms with Gasteiger partial charge in [-0.25, -0.2) is 9.97 Å². The maximum atomic E-state index is 5.40. The molecule has 7 nitrogen and oxygen atoms in total. The molecule has 1 atom stereocenters. The Morgan fingerprint density at radius 3 is 2.85 bits per heavy atom. The number of rotatable bonds is 6. The monoisotopic (exact) mass is 367 g/mol. The first-order valence-electron chi connectivity index (χ1n) is 9.36. The van der Waals surface area contributed by atoms with Crippen LogP contribution in [0, 0.1) is 0 Å². The summed E-state index contributed by atoms with van der Waals surface area (Å²) >= 11 is 0. The van der Waals surface area contributed by atoms with Crippen LogP contribution < -0.4 is 9.47 Å². The molecule has 1 fully saturated rings. The van der Waals surface area contributed by atoms with Crippen molar-refractivity contribution in [2.24, 2.45) is 0 Å². The Bertz CT molecular complexity index is 939. The Labute approximate surface area is 158 Å². The normalized spacial score (nSPS) is 17.5. The van der Waals surface area contributed by atoms with Crippen molar-refractivity contribution in [3.05, 3.63) is 30.2 Å². The van der Waals surface area contributed by atoms with Gasteiger partial charge in [0.05, 0.1) is 30.8 Å². The van der Waals surface area contributed by atoms with Gasteiger partial charge >= 0.3 is 6.01 Å². The molecule has 3 heterocycles. The van der Waals surface area contributed by atoms with Crippen LogP contribution in [0.15, 0.2) is 24.4 Å². The molecule has 1 aromatic carbocycles. The molecule has 7 heteroatoms. The van der Waals surface area contributed by atoms with Gasteiger partial charge < -0.3 is 19.4 Å². The summed E-state index contributed by atoms with van der Waals surface area (Å²) in [5.74, 6) is 1.52. The molecule has 0 bridgehead atoms. The molecule has 2 aromatic heterocycles. The van der Waals surface area contributed by atoms with E-state index in [-0.39, 0.29) is 6.01 Å². The van der Waals surface area contributed by atoms with Crippen LogP contribution in [0.4, 0.5) is 0 Å². The van der Waals surface area contributed by atoms with Crippen molar-refractivity contribution < 1.29 is 9.47 Å². The number of aromatic nitrogens is 4. The minimum atomic E-state index is 0.289. The first-order valence-corrected chi connectivity index (χ1v) is 9.36. The summed E-state index contributed by atoms with van der Waals surface area (Å²) in [4.78, 5) is 19.2. The number of aromatic amines is 1. The zero-order valence-corrected chi connectivity index (χ0v) is 16.0. The molecule has 4 rings (SSSR count). The van der Waals surface area contributed by atoms with E-state index in [1.54, 1.807) is 13.3 Å². The number of methoxy groups -OCH3 is 2. The van der Waals surface area contributed by atoms with Crippen LogP contribution in [0.3, 0.4) is 0 Å². The summed E-state index contributed by atoms with van der Waals surface area (Å²) in [5, 5.41) is 0. The molecule has 0 saturated carbocycles. The van der Waals surface area contributed by atoms with Gasteiger partial charge in [0, 0.05) is 25.2 Å². The number of hydrogen-bond donors (Lipinski definition) is 1. The van der Waals surface area contributed by atoms with Gasteiger partial charge in [-0.05, 0) is 44.0 Å². The van der Waals surface area contributed by atoms with E-state index in [9.17, 15) is 0 Å². The van der Waals surface area contributed by atoms with E-state index in [2.05, 4.69) is 32.8 Å². The first kappa shape index (κ1) is 17.7. The highest BCUT2D eigenvalue weighted by Gasteiger charge is 2.20. The summed E-state index contributed by atoms with van der Waals surface area (Å²) in [6.07, 6.45) is 5.26. The number of imidazole rings is 1. The van der Waals surface area contributed by atoms with Gasteiger partial charge in [-0.3, -0.25) is 0 Å². The fraction of sp³-hybridized carbons (Fsp3) is 0.450. The summed E-state index contributed by atoms with van der Waals surface area (Å²) in [6.45, 7) is 4.55. The molecule has 142 valence electrons. The van der Waals surface area contributed by atoms with Gasteiger partial charge in [-0.1, -0.05) is 6.07 Å². The third kappa shape index (κ3) is 3.60. The highest BCUT2D eigenvalue weighted by molar-refractivity contribution is 5.83. The quantitative estimate of drug-likeness (QED) is 0.722. The number of ether oxygens (including phenoxy) is 2. The summed E-state index contributed by atoms with van der Waals surface area (Å²) in [6, 6.07) is 7.08. The highest BCUT2D eigenvalue weighted by atomic mass is 16.5. The molecule has 1 saturated heterocycles. The third-order valence-corrected chi connectivity index (χ3v) is 5.28. The topological polar surface area (TPSA) is 76.2 Å². The fourth-order valence-electron chi connectivity index (χ4n) is 3.73. The molecule has 3 aromatic rings. The van der Waals surface area contributed by atoms with E-state index >= 15 is 0 Å². The largest absolute Gasteiger partial charge is 0.480 e. The predicted molar refractivity (Wildman–Crippen MR) is 104 cm³/mol. The van der Waals surface area contributed by atoms with Gasteiger partial charge in [0.1, 0.15) is 5.82 Å². The second-order valence-corrected chi connectivity index (χ2v) is 6.97. The van der Waals surface area contributed by atoms with Crippen LogP contribution in [0.1, 0.15) is 25.6 Å². The van der Waals surface area contributed by atoms with Crippen LogP contribution in [-0.2, 0) is 6.42 Å². The molecule has 0 spiro atoms. The number of fused-ring (bicyclic) bond motifs is 1. The zero-order chi connectivity index (χ0) is 18.8. The molecule has 1 aliphatic rings. The van der Waals surface area contributed by atoms with Gasteiger partial charge in [-0.2, -0.15) is 4.98 Å². The second kappa shape index (κ2) is 7.52. The van der Waals surface area contributed by atoms with Crippen molar-refractivity contribution in [3.8, 4) is 23.0 Å². The molecular formula is C20H25N5O2. The Morgan fingerprint density at radius 1 is 1.22 bits per heavy atom. The van der Waals surface area contributed by atoms with Crippen molar-refractivity contribution in [1.29, 1.82) is 0 Å². The number of nitrogens with one attached hydrogen (secondary N) is 1. The van der Waals surface area contributed by atoms with Crippen LogP contribution in [0.2, 0.25) is 0 Å². The Morgan fingerprint density at radius 2 is 2.11 bits per heavy atom. The number of hydrogen-bond acceptors (Lipinski definition) is 6. The summed E-state index contributed by atoms with van der Waals surface area (Å²) in [5.41, 5.74) is 3.78. The van der Waals surface area contributed by atoms with Crippen LogP contribution in [0.5, 0.6) is 11.9 Å². The molecule has 1 aliphatic heterocycles. The Hall–Kier alpha value is -2.67. The van der Waals surface area contributed by atoms with Crippen molar-refractivity contribution >= 4 is 11.0 Å². The maximum absolute atomic E-state index is 5.40. The average molecular weight is 367 g/mol. The van der Waals surface area contributed by atoms with E-state index in [4.69, 9.17) is 14.5 Å². The van der Waals surface area contributed by atoms with E-state index in [0.29, 0.717) is 11.9 Å². The van der Waals surface area contributed by atoms with Gasteiger partial charge in [0.15, 0.2) is 0 Å². The lowest BCUT2D eigenvalue weighted by molar-refractivity contribution is 0.271. The Kier molecular flexibility index (Phi) is 4.94. The number of H-pyrrole nitrogens is 1. The number of nitrogens with zero attached hydrogens (tertiary/aromatic N) is 4. The molecule has 0 aliphatic carbocycles. The first-order chi connectivity index (χ1) is 13.2. The number of benzene rings is 1. The smallest absolute Gasteiger partial charge is 0.319 e. The lowest BCUT2D eigenvalue weighted by Gasteiger charge is -2.19. The van der Waals surface area contributed by atoms with Gasteiger partial charge in [0.25, 0.3) is 0 Å². The minimum Gasteiger partial charge on any atom is -0.480 e. The molecule has 0 amide bonds. The van der Waals surface area contributed by atoms with E-state index in [1.807, 2.05) is 12.1 Å². The van der Waals surface area contributed by atoms with Crippen molar-refractivity contribution in [1.82, 2.24) is 24.8 Å². The second-order valence-electron chi connectivity index (χ2n) is 6.97. The fourth-order valence-corrected chi connectivity index (χ4v) is 3.73. The van der Waals surface area contributed by atoms with Gasteiger partial charge in [-0.15, -0.1) is 0 Å². The number of likely N-dealkylation sites (tertiary alicyclic amines) is 1. The molecular weight excluding hydrogens is 342 g/mol. The van der Waals surface area contributed by atoms with E-state index in [1.165, 1.54) is 26.5 Å².